The molecule has 2 nitrogen and oxygen atoms in total. The van der Waals surface area contributed by atoms with E-state index in [-0.39, 0.29) is 6.04 Å². The fourth-order valence-electron chi connectivity index (χ4n) is 1.74. The van der Waals surface area contributed by atoms with Gasteiger partial charge in [0.1, 0.15) is 0 Å². The molecule has 0 radical (unpaired) electrons. The number of hydrogen-bond donors (Lipinski definition) is 2. The van der Waals surface area contributed by atoms with E-state index in [1.807, 2.05) is 0 Å². The van der Waals surface area contributed by atoms with E-state index in [4.69, 9.17) is 5.84 Å². The lowest BCUT2D eigenvalue weighted by atomic mass is 9.94. The lowest BCUT2D eigenvalue weighted by Gasteiger charge is -2.20. The fourth-order valence-corrected chi connectivity index (χ4v) is 2.12. The Labute approximate surface area is 100 Å². The van der Waals surface area contributed by atoms with Gasteiger partial charge in [0.25, 0.3) is 0 Å². The van der Waals surface area contributed by atoms with E-state index >= 15 is 0 Å². The first-order valence-corrected chi connectivity index (χ1v) is 6.06. The molecule has 0 heterocycles. The van der Waals surface area contributed by atoms with Crippen LogP contribution < -0.4 is 11.3 Å². The molecule has 0 fully saturated rings. The maximum absolute atomic E-state index is 5.61. The summed E-state index contributed by atoms with van der Waals surface area (Å²) in [4.78, 5) is 0. The van der Waals surface area contributed by atoms with Gasteiger partial charge in [-0.05, 0) is 42.5 Å². The summed E-state index contributed by atoms with van der Waals surface area (Å²) in [5, 5.41) is 0. The normalized spacial score (nSPS) is 13.2. The third kappa shape index (κ3) is 3.59. The molecule has 84 valence electrons. The van der Waals surface area contributed by atoms with Gasteiger partial charge in [-0.15, -0.1) is 0 Å². The Morgan fingerprint density at radius 1 is 1.40 bits per heavy atom. The molecule has 0 saturated carbocycles. The van der Waals surface area contributed by atoms with Crippen molar-refractivity contribution in [1.82, 2.24) is 5.43 Å². The van der Waals surface area contributed by atoms with E-state index in [1.54, 1.807) is 0 Å². The summed E-state index contributed by atoms with van der Waals surface area (Å²) in [7, 11) is 0. The number of nitrogens with two attached hydrogens (primary N) is 1. The molecule has 1 rings (SSSR count). The van der Waals surface area contributed by atoms with Crippen LogP contribution in [0.4, 0.5) is 0 Å². The van der Waals surface area contributed by atoms with E-state index in [2.05, 4.69) is 60.3 Å². The first-order valence-electron chi connectivity index (χ1n) is 5.26. The Hall–Kier alpha value is -0.380. The first kappa shape index (κ1) is 12.7. The molecule has 1 unspecified atom stereocenters. The highest BCUT2D eigenvalue weighted by atomic mass is 79.9. The van der Waals surface area contributed by atoms with E-state index < -0.39 is 0 Å². The second-order valence-corrected chi connectivity index (χ2v) is 5.27. The maximum Gasteiger partial charge on any atom is 0.0465 e. The largest absolute Gasteiger partial charge is 0.271 e. The lowest BCUT2D eigenvalue weighted by molar-refractivity contribution is 0.436. The summed E-state index contributed by atoms with van der Waals surface area (Å²) in [5.41, 5.74) is 5.45. The van der Waals surface area contributed by atoms with Crippen molar-refractivity contribution >= 4 is 15.9 Å². The predicted octanol–water partition coefficient (Wildman–Crippen LogP) is 3.31. The molecule has 0 aromatic heterocycles. The second-order valence-electron chi connectivity index (χ2n) is 4.35. The van der Waals surface area contributed by atoms with Crippen molar-refractivity contribution in [3.63, 3.8) is 0 Å². The summed E-state index contributed by atoms with van der Waals surface area (Å²) in [6.45, 7) is 6.53. The molecule has 0 aliphatic carbocycles. The SMILES string of the molecule is Cc1ccc(Br)cc1C(CC(C)C)NN. The van der Waals surface area contributed by atoms with E-state index in [0.717, 1.165) is 10.9 Å². The second kappa shape index (κ2) is 5.64. The van der Waals surface area contributed by atoms with Crippen molar-refractivity contribution in [3.05, 3.63) is 33.8 Å². The summed E-state index contributed by atoms with van der Waals surface area (Å²) >= 11 is 3.49. The van der Waals surface area contributed by atoms with Gasteiger partial charge in [0.05, 0.1) is 0 Å². The van der Waals surface area contributed by atoms with Crippen LogP contribution in [-0.2, 0) is 0 Å². The molecule has 1 aromatic rings. The van der Waals surface area contributed by atoms with Gasteiger partial charge >= 0.3 is 0 Å². The van der Waals surface area contributed by atoms with Crippen LogP contribution >= 0.6 is 15.9 Å². The fraction of sp³-hybridized carbons (Fsp3) is 0.500. The van der Waals surface area contributed by atoms with Crippen LogP contribution in [0.1, 0.15) is 37.4 Å². The number of benzene rings is 1. The zero-order chi connectivity index (χ0) is 11.4. The minimum atomic E-state index is 0.238. The van der Waals surface area contributed by atoms with Crippen LogP contribution in [0, 0.1) is 12.8 Å². The Morgan fingerprint density at radius 2 is 2.07 bits per heavy atom. The van der Waals surface area contributed by atoms with Crippen LogP contribution in [0.3, 0.4) is 0 Å². The van der Waals surface area contributed by atoms with Crippen molar-refractivity contribution in [3.8, 4) is 0 Å². The van der Waals surface area contributed by atoms with Crippen LogP contribution in [0.25, 0.3) is 0 Å². The van der Waals surface area contributed by atoms with E-state index in [9.17, 15) is 0 Å². The van der Waals surface area contributed by atoms with Gasteiger partial charge in [0, 0.05) is 10.5 Å². The molecule has 0 saturated heterocycles. The molecule has 3 N–H and O–H groups in total. The summed E-state index contributed by atoms with van der Waals surface area (Å²) < 4.78 is 1.10. The van der Waals surface area contributed by atoms with Crippen molar-refractivity contribution < 1.29 is 0 Å². The van der Waals surface area contributed by atoms with Crippen molar-refractivity contribution in [2.24, 2.45) is 11.8 Å². The number of rotatable bonds is 4. The average molecular weight is 271 g/mol. The molecular formula is C12H19BrN2. The van der Waals surface area contributed by atoms with Gasteiger partial charge in [-0.1, -0.05) is 35.8 Å². The minimum absolute atomic E-state index is 0.238. The van der Waals surface area contributed by atoms with Gasteiger partial charge in [0.2, 0.25) is 0 Å². The van der Waals surface area contributed by atoms with Gasteiger partial charge in [-0.25, -0.2) is 0 Å². The van der Waals surface area contributed by atoms with Gasteiger partial charge in [-0.3, -0.25) is 11.3 Å². The summed E-state index contributed by atoms with van der Waals surface area (Å²) in [5.74, 6) is 6.24. The maximum atomic E-state index is 5.61. The highest BCUT2D eigenvalue weighted by Crippen LogP contribution is 2.26. The molecule has 1 atom stereocenters. The number of aryl methyl sites for hydroxylation is 1. The minimum Gasteiger partial charge on any atom is -0.271 e. The molecule has 0 aliphatic heterocycles. The van der Waals surface area contributed by atoms with Gasteiger partial charge in [-0.2, -0.15) is 0 Å². The van der Waals surface area contributed by atoms with Gasteiger partial charge in [0.15, 0.2) is 0 Å². The molecule has 15 heavy (non-hydrogen) atoms. The predicted molar refractivity (Wildman–Crippen MR) is 68.4 cm³/mol. The van der Waals surface area contributed by atoms with E-state index in [1.165, 1.54) is 11.1 Å². The Balaban J connectivity index is 2.95. The molecule has 0 spiro atoms. The third-order valence-corrected chi connectivity index (χ3v) is 3.02. The molecule has 0 amide bonds. The molecule has 0 aliphatic rings. The standard InChI is InChI=1S/C12H19BrN2/c1-8(2)6-12(15-14)11-7-10(13)5-4-9(11)3/h4-5,7-8,12,15H,6,14H2,1-3H3. The Bertz CT molecular complexity index is 323. The number of hydrazine groups is 1. The summed E-state index contributed by atoms with van der Waals surface area (Å²) in [6, 6.07) is 6.55. The number of halogens is 1. The van der Waals surface area contributed by atoms with Crippen molar-refractivity contribution in [2.75, 3.05) is 0 Å². The Kier molecular flexibility index (Phi) is 4.77. The van der Waals surface area contributed by atoms with Crippen molar-refractivity contribution in [1.29, 1.82) is 0 Å². The third-order valence-electron chi connectivity index (χ3n) is 2.52. The van der Waals surface area contributed by atoms with Crippen molar-refractivity contribution in [2.45, 2.75) is 33.2 Å². The number of hydrogen-bond acceptors (Lipinski definition) is 2. The lowest BCUT2D eigenvalue weighted by Crippen LogP contribution is -2.29. The monoisotopic (exact) mass is 270 g/mol. The Morgan fingerprint density at radius 3 is 2.60 bits per heavy atom. The summed E-state index contributed by atoms with van der Waals surface area (Å²) in [6.07, 6.45) is 1.05. The van der Waals surface area contributed by atoms with Crippen LogP contribution in [0.5, 0.6) is 0 Å². The highest BCUT2D eigenvalue weighted by molar-refractivity contribution is 9.10. The topological polar surface area (TPSA) is 38.0 Å². The van der Waals surface area contributed by atoms with Gasteiger partial charge < -0.3 is 0 Å². The van der Waals surface area contributed by atoms with Crippen LogP contribution in [0.2, 0.25) is 0 Å². The zero-order valence-electron chi connectivity index (χ0n) is 9.55. The van der Waals surface area contributed by atoms with Crippen LogP contribution in [0.15, 0.2) is 22.7 Å². The molecular weight excluding hydrogens is 252 g/mol. The van der Waals surface area contributed by atoms with E-state index in [0.29, 0.717) is 5.92 Å². The molecule has 3 heteroatoms. The smallest absolute Gasteiger partial charge is 0.0465 e. The first-order chi connectivity index (χ1) is 7.04. The molecule has 0 bridgehead atoms. The zero-order valence-corrected chi connectivity index (χ0v) is 11.1. The number of nitrogens with one attached hydrogen (secondary N) is 1. The molecule has 1 aromatic carbocycles. The average Bonchev–Trinajstić information content (AvgIpc) is 2.18. The highest BCUT2D eigenvalue weighted by Gasteiger charge is 2.13. The van der Waals surface area contributed by atoms with Crippen LogP contribution in [-0.4, -0.2) is 0 Å². The quantitative estimate of drug-likeness (QED) is 0.651.